The van der Waals surface area contributed by atoms with Crippen LogP contribution in [0, 0.1) is 35.7 Å². The smallest absolute Gasteiger partial charge is 0.0646 e. The average Bonchev–Trinajstić information content (AvgIpc) is 3.01. The number of aryl methyl sites for hydroxylation is 1. The Hall–Kier alpha value is -1.58. The van der Waals surface area contributed by atoms with Crippen LogP contribution in [0.3, 0.4) is 0 Å². The van der Waals surface area contributed by atoms with Gasteiger partial charge in [-0.25, -0.2) is 0 Å². The molecular formula is C32H42IrNO2-. The van der Waals surface area contributed by atoms with Crippen molar-refractivity contribution in [3.8, 4) is 11.3 Å². The van der Waals surface area contributed by atoms with E-state index in [1.807, 2.05) is 30.5 Å². The molecule has 2 atom stereocenters. The van der Waals surface area contributed by atoms with E-state index in [0.29, 0.717) is 5.92 Å². The first-order valence-corrected chi connectivity index (χ1v) is 13.3. The molecule has 4 heteroatoms. The number of rotatable bonds is 1. The molecule has 0 spiro atoms. The molecule has 5 rings (SSSR count). The Morgan fingerprint density at radius 1 is 0.889 bits per heavy atom. The number of aliphatic hydroxyl groups is 2. The average molecular weight is 665 g/mol. The Labute approximate surface area is 231 Å². The van der Waals surface area contributed by atoms with E-state index in [1.54, 1.807) is 0 Å². The van der Waals surface area contributed by atoms with E-state index in [1.165, 1.54) is 42.0 Å². The summed E-state index contributed by atoms with van der Waals surface area (Å²) in [4.78, 5) is 4.48. The van der Waals surface area contributed by atoms with Crippen molar-refractivity contribution in [2.45, 2.75) is 85.4 Å². The Kier molecular flexibility index (Phi) is 9.55. The molecule has 2 aliphatic rings. The number of hydrogen-bond acceptors (Lipinski definition) is 3. The van der Waals surface area contributed by atoms with Crippen LogP contribution >= 0.6 is 0 Å². The molecule has 2 saturated carbocycles. The van der Waals surface area contributed by atoms with Gasteiger partial charge in [0, 0.05) is 32.2 Å². The fourth-order valence-corrected chi connectivity index (χ4v) is 6.25. The summed E-state index contributed by atoms with van der Waals surface area (Å²) in [5.74, 6) is 0.582. The Morgan fingerprint density at radius 3 is 2.11 bits per heavy atom. The van der Waals surface area contributed by atoms with Crippen molar-refractivity contribution in [1.29, 1.82) is 0 Å². The normalized spacial score (nSPS) is 26.9. The number of pyridine rings is 1. The van der Waals surface area contributed by atoms with Gasteiger partial charge in [-0.2, -0.15) is 0 Å². The molecule has 2 aliphatic carbocycles. The topological polar surface area (TPSA) is 53.4 Å². The summed E-state index contributed by atoms with van der Waals surface area (Å²) in [7, 11) is 0. The minimum Gasteiger partial charge on any atom is -0.392 e. The molecule has 0 bridgehead atoms. The zero-order valence-corrected chi connectivity index (χ0v) is 24.8. The number of fused-ring (bicyclic) bond motifs is 2. The van der Waals surface area contributed by atoms with Gasteiger partial charge in [-0.3, -0.25) is 0 Å². The van der Waals surface area contributed by atoms with Crippen LogP contribution in [0.4, 0.5) is 0 Å². The molecular weight excluding hydrogens is 623 g/mol. The number of benzene rings is 2. The number of aliphatic hydroxyl groups excluding tert-OH is 2. The van der Waals surface area contributed by atoms with Crippen molar-refractivity contribution >= 4 is 10.8 Å². The van der Waals surface area contributed by atoms with Gasteiger partial charge in [0.1, 0.15) is 0 Å². The second kappa shape index (κ2) is 11.9. The maximum Gasteiger partial charge on any atom is 0.0646 e. The van der Waals surface area contributed by atoms with E-state index in [0.717, 1.165) is 24.1 Å². The molecule has 0 amide bonds. The molecule has 0 saturated heterocycles. The van der Waals surface area contributed by atoms with Crippen molar-refractivity contribution in [2.24, 2.45) is 22.7 Å². The van der Waals surface area contributed by atoms with Crippen LogP contribution < -0.4 is 0 Å². The monoisotopic (exact) mass is 665 g/mol. The third kappa shape index (κ3) is 6.27. The van der Waals surface area contributed by atoms with Gasteiger partial charge in [0.2, 0.25) is 0 Å². The molecule has 2 fully saturated rings. The maximum atomic E-state index is 10.8. The molecule has 3 aromatic rings. The first-order valence-electron chi connectivity index (χ1n) is 13.3. The van der Waals surface area contributed by atoms with Gasteiger partial charge >= 0.3 is 0 Å². The van der Waals surface area contributed by atoms with Gasteiger partial charge in [-0.15, -0.1) is 35.9 Å². The van der Waals surface area contributed by atoms with Crippen LogP contribution in [-0.2, 0) is 20.1 Å². The zero-order chi connectivity index (χ0) is 25.2. The first kappa shape index (κ1) is 29.0. The van der Waals surface area contributed by atoms with E-state index in [-0.39, 0.29) is 49.1 Å². The summed E-state index contributed by atoms with van der Waals surface area (Å²) in [5.41, 5.74) is 3.21. The van der Waals surface area contributed by atoms with Gasteiger partial charge in [0.25, 0.3) is 0 Å². The van der Waals surface area contributed by atoms with Gasteiger partial charge in [-0.05, 0) is 71.9 Å². The van der Waals surface area contributed by atoms with Crippen LogP contribution in [0.25, 0.3) is 22.0 Å². The Morgan fingerprint density at radius 2 is 1.53 bits per heavy atom. The standard InChI is InChI=1S/C16H12N.C16H30O2.Ir/c1-12-7-8-15-14(11-12)9-10-17-16(15)13-5-3-2-4-6-13;1-15(2)9-5-7-11-8-6-10-16(3,4)14(18)12(11)13(15)17;/h2-5,7-11H,1H3;11-14,17-18H,5-10H2,1-4H3;/q-1;;. The van der Waals surface area contributed by atoms with Crippen molar-refractivity contribution in [1.82, 2.24) is 4.98 Å². The largest absolute Gasteiger partial charge is 0.392 e. The molecule has 2 unspecified atom stereocenters. The van der Waals surface area contributed by atoms with Crippen molar-refractivity contribution in [3.05, 3.63) is 66.4 Å². The summed E-state index contributed by atoms with van der Waals surface area (Å²) >= 11 is 0. The summed E-state index contributed by atoms with van der Waals surface area (Å²) in [6.45, 7) is 10.7. The minimum absolute atomic E-state index is 0. The van der Waals surface area contributed by atoms with Gasteiger partial charge in [0.05, 0.1) is 12.2 Å². The fourth-order valence-electron chi connectivity index (χ4n) is 6.25. The molecule has 1 radical (unpaired) electrons. The van der Waals surface area contributed by atoms with Crippen molar-refractivity contribution < 1.29 is 30.3 Å². The fraction of sp³-hybridized carbons (Fsp3) is 0.531. The molecule has 197 valence electrons. The molecule has 1 aromatic heterocycles. The Bertz CT molecular complexity index is 1100. The third-order valence-electron chi connectivity index (χ3n) is 8.55. The molecule has 36 heavy (non-hydrogen) atoms. The molecule has 1 heterocycles. The zero-order valence-electron chi connectivity index (χ0n) is 22.4. The number of nitrogens with zero attached hydrogens (tertiary/aromatic N) is 1. The molecule has 2 aromatic carbocycles. The summed E-state index contributed by atoms with van der Waals surface area (Å²) in [5, 5.41) is 24.0. The van der Waals surface area contributed by atoms with Gasteiger partial charge < -0.3 is 15.2 Å². The van der Waals surface area contributed by atoms with Crippen LogP contribution in [0.5, 0.6) is 0 Å². The Balaban J connectivity index is 0.000000195. The SMILES string of the molecule is CC1(C)CCCC2CCCC(C)(C)C(O)C2C1O.Cc1ccc2c(-c3[c-]cccc3)nccc2c1.[Ir]. The van der Waals surface area contributed by atoms with E-state index in [9.17, 15) is 10.2 Å². The van der Waals surface area contributed by atoms with Crippen LogP contribution in [-0.4, -0.2) is 27.4 Å². The van der Waals surface area contributed by atoms with Crippen molar-refractivity contribution in [2.75, 3.05) is 0 Å². The van der Waals surface area contributed by atoms with Crippen LogP contribution in [0.2, 0.25) is 0 Å². The number of aromatic nitrogens is 1. The quantitative estimate of drug-likeness (QED) is 0.267. The minimum atomic E-state index is -0.364. The first-order chi connectivity index (χ1) is 16.6. The van der Waals surface area contributed by atoms with Crippen LogP contribution in [0.15, 0.2) is 54.7 Å². The van der Waals surface area contributed by atoms with Gasteiger partial charge in [0.15, 0.2) is 0 Å². The molecule has 2 N–H and O–H groups in total. The molecule has 0 aliphatic heterocycles. The predicted molar refractivity (Wildman–Crippen MR) is 145 cm³/mol. The summed E-state index contributed by atoms with van der Waals surface area (Å²) < 4.78 is 0. The van der Waals surface area contributed by atoms with Crippen LogP contribution in [0.1, 0.15) is 71.8 Å². The van der Waals surface area contributed by atoms with Crippen molar-refractivity contribution in [3.63, 3.8) is 0 Å². The second-order valence-corrected chi connectivity index (χ2v) is 12.1. The summed E-state index contributed by atoms with van der Waals surface area (Å²) in [6, 6.07) is 19.7. The number of hydrogen-bond donors (Lipinski definition) is 2. The van der Waals surface area contributed by atoms with Gasteiger partial charge in [-0.1, -0.05) is 64.3 Å². The third-order valence-corrected chi connectivity index (χ3v) is 8.55. The van der Waals surface area contributed by atoms with E-state index in [2.05, 4.69) is 69.9 Å². The van der Waals surface area contributed by atoms with E-state index in [4.69, 9.17) is 0 Å². The summed E-state index contributed by atoms with van der Waals surface area (Å²) in [6.07, 6.45) is 8.03. The second-order valence-electron chi connectivity index (χ2n) is 12.1. The molecule has 3 nitrogen and oxygen atoms in total. The van der Waals surface area contributed by atoms with E-state index < -0.39 is 0 Å². The predicted octanol–water partition coefficient (Wildman–Crippen LogP) is 7.37. The van der Waals surface area contributed by atoms with E-state index >= 15 is 0 Å². The maximum absolute atomic E-state index is 10.8.